The Morgan fingerprint density at radius 2 is 1.79 bits per heavy atom. The van der Waals surface area contributed by atoms with Gasteiger partial charge in [-0.3, -0.25) is 9.48 Å². The average Bonchev–Trinajstić information content (AvgIpc) is 2.88. The normalized spacial score (nSPS) is 11.4. The molecule has 6 nitrogen and oxygen atoms in total. The highest BCUT2D eigenvalue weighted by molar-refractivity contribution is 5.95. The van der Waals surface area contributed by atoms with Crippen LogP contribution in [0.4, 0.5) is 0 Å². The lowest BCUT2D eigenvalue weighted by Gasteiger charge is -2.22. The maximum absolute atomic E-state index is 12.7. The summed E-state index contributed by atoms with van der Waals surface area (Å²) >= 11 is 0. The van der Waals surface area contributed by atoms with E-state index in [9.17, 15) is 9.59 Å². The van der Waals surface area contributed by atoms with E-state index in [0.717, 1.165) is 11.3 Å². The van der Waals surface area contributed by atoms with Crippen molar-refractivity contribution in [3.05, 3.63) is 52.8 Å². The number of benzene rings is 1. The SMILES string of the molecule is Cc1c(C(=O)N(C)Cc2ccc(C(=O)O)cc2)cnn1C(C)(C)C. The highest BCUT2D eigenvalue weighted by Gasteiger charge is 2.23. The van der Waals surface area contributed by atoms with E-state index < -0.39 is 5.97 Å². The lowest BCUT2D eigenvalue weighted by molar-refractivity contribution is 0.0695. The zero-order chi connectivity index (χ0) is 18.1. The fourth-order valence-electron chi connectivity index (χ4n) is 2.60. The Morgan fingerprint density at radius 1 is 1.21 bits per heavy atom. The van der Waals surface area contributed by atoms with E-state index in [4.69, 9.17) is 5.11 Å². The summed E-state index contributed by atoms with van der Waals surface area (Å²) in [5.41, 5.74) is 2.33. The summed E-state index contributed by atoms with van der Waals surface area (Å²) in [6.45, 7) is 8.40. The topological polar surface area (TPSA) is 75.4 Å². The van der Waals surface area contributed by atoms with Gasteiger partial charge in [0.2, 0.25) is 0 Å². The maximum Gasteiger partial charge on any atom is 0.335 e. The molecule has 0 saturated heterocycles. The zero-order valence-electron chi connectivity index (χ0n) is 14.7. The van der Waals surface area contributed by atoms with Gasteiger partial charge >= 0.3 is 5.97 Å². The second-order valence-corrected chi connectivity index (χ2v) is 6.89. The van der Waals surface area contributed by atoms with Crippen molar-refractivity contribution in [1.82, 2.24) is 14.7 Å². The van der Waals surface area contributed by atoms with Crippen LogP contribution in [-0.4, -0.2) is 38.7 Å². The van der Waals surface area contributed by atoms with Gasteiger partial charge in [0.1, 0.15) is 0 Å². The Hall–Kier alpha value is -2.63. The van der Waals surface area contributed by atoms with Gasteiger partial charge in [0.15, 0.2) is 0 Å². The maximum atomic E-state index is 12.7. The second kappa shape index (κ2) is 6.47. The van der Waals surface area contributed by atoms with Crippen LogP contribution in [-0.2, 0) is 12.1 Å². The summed E-state index contributed by atoms with van der Waals surface area (Å²) in [7, 11) is 1.72. The van der Waals surface area contributed by atoms with Crippen LogP contribution >= 0.6 is 0 Å². The van der Waals surface area contributed by atoms with Crippen LogP contribution in [0.3, 0.4) is 0 Å². The van der Waals surface area contributed by atoms with Crippen molar-refractivity contribution in [3.63, 3.8) is 0 Å². The van der Waals surface area contributed by atoms with Crippen LogP contribution in [0.1, 0.15) is 52.7 Å². The minimum absolute atomic E-state index is 0.106. The van der Waals surface area contributed by atoms with Gasteiger partial charge < -0.3 is 10.0 Å². The molecule has 0 bridgehead atoms. The summed E-state index contributed by atoms with van der Waals surface area (Å²) in [5, 5.41) is 13.3. The second-order valence-electron chi connectivity index (χ2n) is 6.89. The molecule has 1 amide bonds. The molecule has 0 aliphatic carbocycles. The molecule has 0 aliphatic heterocycles. The van der Waals surface area contributed by atoms with Crippen LogP contribution < -0.4 is 0 Å². The zero-order valence-corrected chi connectivity index (χ0v) is 14.7. The lowest BCUT2D eigenvalue weighted by Crippen LogP contribution is -2.28. The largest absolute Gasteiger partial charge is 0.478 e. The Bertz CT molecular complexity index is 755. The van der Waals surface area contributed by atoms with Gasteiger partial charge in [-0.1, -0.05) is 12.1 Å². The van der Waals surface area contributed by atoms with E-state index in [1.54, 1.807) is 42.4 Å². The molecule has 0 saturated carbocycles. The van der Waals surface area contributed by atoms with Crippen LogP contribution in [0.2, 0.25) is 0 Å². The smallest absolute Gasteiger partial charge is 0.335 e. The number of nitrogens with zero attached hydrogens (tertiary/aromatic N) is 3. The quantitative estimate of drug-likeness (QED) is 0.936. The number of hydrogen-bond donors (Lipinski definition) is 1. The molecule has 6 heteroatoms. The Balaban J connectivity index is 2.15. The molecule has 0 spiro atoms. The van der Waals surface area contributed by atoms with Gasteiger partial charge in [0, 0.05) is 19.3 Å². The molecule has 128 valence electrons. The first-order valence-electron chi connectivity index (χ1n) is 7.74. The van der Waals surface area contributed by atoms with Crippen molar-refractivity contribution in [3.8, 4) is 0 Å². The van der Waals surface area contributed by atoms with Crippen LogP contribution in [0.15, 0.2) is 30.5 Å². The standard InChI is InChI=1S/C18H23N3O3/c1-12-15(10-19-21(12)18(2,3)4)16(22)20(5)11-13-6-8-14(9-7-13)17(23)24/h6-10H,11H2,1-5H3,(H,23,24). The van der Waals surface area contributed by atoms with Gasteiger partial charge in [-0.15, -0.1) is 0 Å². The first kappa shape index (κ1) is 17.7. The number of carbonyl (C=O) groups excluding carboxylic acids is 1. The monoisotopic (exact) mass is 329 g/mol. The van der Waals surface area contributed by atoms with Gasteiger partial charge in [-0.05, 0) is 45.4 Å². The van der Waals surface area contributed by atoms with E-state index in [1.807, 2.05) is 32.4 Å². The molecular weight excluding hydrogens is 306 g/mol. The molecule has 0 radical (unpaired) electrons. The number of carbonyl (C=O) groups is 2. The summed E-state index contributed by atoms with van der Waals surface area (Å²) in [5.74, 6) is -1.07. The fourth-order valence-corrected chi connectivity index (χ4v) is 2.60. The molecule has 24 heavy (non-hydrogen) atoms. The molecule has 1 heterocycles. The van der Waals surface area contributed by atoms with E-state index in [0.29, 0.717) is 12.1 Å². The third kappa shape index (κ3) is 3.64. The van der Waals surface area contributed by atoms with Gasteiger partial charge in [-0.25, -0.2) is 4.79 Å². The Labute approximate surface area is 141 Å². The highest BCUT2D eigenvalue weighted by atomic mass is 16.4. The number of carboxylic acid groups (broad SMARTS) is 1. The minimum Gasteiger partial charge on any atom is -0.478 e. The third-order valence-corrected chi connectivity index (χ3v) is 3.84. The first-order valence-corrected chi connectivity index (χ1v) is 7.74. The van der Waals surface area contributed by atoms with E-state index in [2.05, 4.69) is 5.10 Å². The number of rotatable bonds is 4. The number of carboxylic acids is 1. The summed E-state index contributed by atoms with van der Waals surface area (Å²) in [4.78, 5) is 25.1. The van der Waals surface area contributed by atoms with Crippen molar-refractivity contribution >= 4 is 11.9 Å². The molecule has 0 unspecified atom stereocenters. The molecular formula is C18H23N3O3. The summed E-state index contributed by atoms with van der Waals surface area (Å²) in [6, 6.07) is 6.52. The van der Waals surface area contributed by atoms with Gasteiger partial charge in [-0.2, -0.15) is 5.10 Å². The Kier molecular flexibility index (Phi) is 4.78. The molecule has 2 aromatic rings. The molecule has 0 aliphatic rings. The summed E-state index contributed by atoms with van der Waals surface area (Å²) in [6.07, 6.45) is 1.60. The fraction of sp³-hybridized carbons (Fsp3) is 0.389. The predicted octanol–water partition coefficient (Wildman–Crippen LogP) is 2.92. The van der Waals surface area contributed by atoms with Crippen LogP contribution in [0.25, 0.3) is 0 Å². The first-order chi connectivity index (χ1) is 11.1. The van der Waals surface area contributed by atoms with E-state index in [-0.39, 0.29) is 17.0 Å². The number of hydrogen-bond acceptors (Lipinski definition) is 3. The van der Waals surface area contributed by atoms with Crippen molar-refractivity contribution in [1.29, 1.82) is 0 Å². The van der Waals surface area contributed by atoms with Gasteiger partial charge in [0.05, 0.1) is 22.9 Å². The van der Waals surface area contributed by atoms with E-state index in [1.165, 1.54) is 0 Å². The highest BCUT2D eigenvalue weighted by Crippen LogP contribution is 2.19. The van der Waals surface area contributed by atoms with Crippen molar-refractivity contribution < 1.29 is 14.7 Å². The molecule has 1 N–H and O–H groups in total. The summed E-state index contributed by atoms with van der Waals surface area (Å²) < 4.78 is 1.84. The number of aromatic carboxylic acids is 1. The Morgan fingerprint density at radius 3 is 2.25 bits per heavy atom. The third-order valence-electron chi connectivity index (χ3n) is 3.84. The van der Waals surface area contributed by atoms with Gasteiger partial charge in [0.25, 0.3) is 5.91 Å². The number of aromatic nitrogens is 2. The molecule has 2 rings (SSSR count). The predicted molar refractivity (Wildman–Crippen MR) is 91.2 cm³/mol. The lowest BCUT2D eigenvalue weighted by atomic mass is 10.1. The van der Waals surface area contributed by atoms with Crippen LogP contribution in [0, 0.1) is 6.92 Å². The van der Waals surface area contributed by atoms with Crippen molar-refractivity contribution in [2.45, 2.75) is 39.8 Å². The molecule has 0 fully saturated rings. The number of amides is 1. The van der Waals surface area contributed by atoms with Crippen molar-refractivity contribution in [2.75, 3.05) is 7.05 Å². The minimum atomic E-state index is -0.962. The van der Waals surface area contributed by atoms with E-state index >= 15 is 0 Å². The molecule has 1 aromatic heterocycles. The van der Waals surface area contributed by atoms with Crippen molar-refractivity contribution in [2.24, 2.45) is 0 Å². The average molecular weight is 329 g/mol. The molecule has 0 atom stereocenters. The molecule has 1 aromatic carbocycles. The van der Waals surface area contributed by atoms with Crippen LogP contribution in [0.5, 0.6) is 0 Å².